The Labute approximate surface area is 131 Å². The molecule has 0 amide bonds. The summed E-state index contributed by atoms with van der Waals surface area (Å²) < 4.78 is 5.36. The van der Waals surface area contributed by atoms with Gasteiger partial charge in [0.2, 0.25) is 0 Å². The molecule has 4 heteroatoms. The first-order chi connectivity index (χ1) is 9.11. The van der Waals surface area contributed by atoms with E-state index in [4.69, 9.17) is 27.9 Å². The Hall–Kier alpha value is -0.700. The Bertz CT molecular complexity index is 572. The fourth-order valence-corrected chi connectivity index (χ4v) is 3.22. The second kappa shape index (κ2) is 6.65. The monoisotopic (exact) mass is 358 g/mol. The number of rotatable bonds is 4. The Morgan fingerprint density at radius 3 is 2.63 bits per heavy atom. The highest BCUT2D eigenvalue weighted by molar-refractivity contribution is 9.09. The maximum atomic E-state index is 6.21. The molecule has 19 heavy (non-hydrogen) atoms. The average Bonchev–Trinajstić information content (AvgIpc) is 2.42. The number of hydrogen-bond donors (Lipinski definition) is 0. The van der Waals surface area contributed by atoms with E-state index in [1.165, 1.54) is 0 Å². The minimum Gasteiger partial charge on any atom is -0.496 e. The second-order valence-corrected chi connectivity index (χ2v) is 6.10. The van der Waals surface area contributed by atoms with Crippen molar-refractivity contribution < 1.29 is 4.74 Å². The largest absolute Gasteiger partial charge is 0.496 e. The summed E-state index contributed by atoms with van der Waals surface area (Å²) in [6.07, 6.45) is 0.782. The van der Waals surface area contributed by atoms with E-state index in [0.717, 1.165) is 23.3 Å². The van der Waals surface area contributed by atoms with Gasteiger partial charge in [-0.2, -0.15) is 0 Å². The first-order valence-corrected chi connectivity index (χ1v) is 7.50. The third-order valence-electron chi connectivity index (χ3n) is 2.89. The standard InChI is InChI=1S/C15H13BrCl2O/c1-19-15-5-3-2-4-10(15)8-13(16)12-9-11(17)6-7-14(12)18/h2-7,9,13H,8H2,1H3. The van der Waals surface area contributed by atoms with Crippen molar-refractivity contribution in [3.8, 4) is 5.75 Å². The van der Waals surface area contributed by atoms with Gasteiger partial charge >= 0.3 is 0 Å². The first kappa shape index (κ1) is 14.7. The fourth-order valence-electron chi connectivity index (χ4n) is 1.93. The lowest BCUT2D eigenvalue weighted by atomic mass is 10.0. The van der Waals surface area contributed by atoms with E-state index in [2.05, 4.69) is 15.9 Å². The molecule has 0 saturated carbocycles. The van der Waals surface area contributed by atoms with Crippen molar-refractivity contribution in [2.24, 2.45) is 0 Å². The Kier molecular flexibility index (Phi) is 5.14. The second-order valence-electron chi connectivity index (χ2n) is 4.15. The van der Waals surface area contributed by atoms with Crippen molar-refractivity contribution >= 4 is 39.1 Å². The SMILES string of the molecule is COc1ccccc1CC(Br)c1cc(Cl)ccc1Cl. The number of alkyl halides is 1. The van der Waals surface area contributed by atoms with Crippen LogP contribution in [0.5, 0.6) is 5.75 Å². The van der Waals surface area contributed by atoms with E-state index < -0.39 is 0 Å². The quantitative estimate of drug-likeness (QED) is 0.638. The Morgan fingerprint density at radius 1 is 1.16 bits per heavy atom. The summed E-state index contributed by atoms with van der Waals surface area (Å²) in [6, 6.07) is 13.4. The molecule has 0 spiro atoms. The maximum Gasteiger partial charge on any atom is 0.122 e. The predicted molar refractivity (Wildman–Crippen MR) is 84.8 cm³/mol. The molecule has 0 aliphatic carbocycles. The molecule has 0 bridgehead atoms. The van der Waals surface area contributed by atoms with Crippen LogP contribution in [-0.2, 0) is 6.42 Å². The molecule has 2 rings (SSSR count). The van der Waals surface area contributed by atoms with Gasteiger partial charge in [0.15, 0.2) is 0 Å². The molecule has 0 radical (unpaired) electrons. The summed E-state index contributed by atoms with van der Waals surface area (Å²) in [4.78, 5) is 0.0926. The van der Waals surface area contributed by atoms with Crippen LogP contribution in [0.15, 0.2) is 42.5 Å². The molecule has 1 unspecified atom stereocenters. The first-order valence-electron chi connectivity index (χ1n) is 5.82. The van der Waals surface area contributed by atoms with Crippen molar-refractivity contribution in [3.05, 3.63) is 63.6 Å². The van der Waals surface area contributed by atoms with Crippen LogP contribution in [0.3, 0.4) is 0 Å². The highest BCUT2D eigenvalue weighted by Crippen LogP contribution is 2.35. The normalized spacial score (nSPS) is 12.2. The van der Waals surface area contributed by atoms with Gasteiger partial charge in [-0.05, 0) is 41.8 Å². The number of hydrogen-bond acceptors (Lipinski definition) is 1. The van der Waals surface area contributed by atoms with Gasteiger partial charge in [-0.25, -0.2) is 0 Å². The minimum atomic E-state index is 0.0926. The summed E-state index contributed by atoms with van der Waals surface area (Å²) in [5, 5.41) is 1.39. The van der Waals surface area contributed by atoms with Crippen LogP contribution in [0.25, 0.3) is 0 Å². The van der Waals surface area contributed by atoms with Gasteiger partial charge in [-0.1, -0.05) is 57.3 Å². The zero-order chi connectivity index (χ0) is 13.8. The van der Waals surface area contributed by atoms with Gasteiger partial charge in [0.05, 0.1) is 7.11 Å². The van der Waals surface area contributed by atoms with Crippen molar-refractivity contribution in [3.63, 3.8) is 0 Å². The molecule has 0 saturated heterocycles. The van der Waals surface area contributed by atoms with Crippen LogP contribution in [0.2, 0.25) is 10.0 Å². The van der Waals surface area contributed by atoms with Crippen molar-refractivity contribution in [2.75, 3.05) is 7.11 Å². The molecule has 2 aromatic carbocycles. The zero-order valence-electron chi connectivity index (χ0n) is 10.4. The molecule has 0 N–H and O–H groups in total. The van der Waals surface area contributed by atoms with Crippen LogP contribution >= 0.6 is 39.1 Å². The van der Waals surface area contributed by atoms with E-state index in [1.54, 1.807) is 13.2 Å². The smallest absolute Gasteiger partial charge is 0.122 e. The summed E-state index contributed by atoms with van der Waals surface area (Å²) in [7, 11) is 1.68. The lowest BCUT2D eigenvalue weighted by molar-refractivity contribution is 0.409. The highest BCUT2D eigenvalue weighted by atomic mass is 79.9. The summed E-state index contributed by atoms with van der Waals surface area (Å²) in [5.74, 6) is 0.880. The Morgan fingerprint density at radius 2 is 1.89 bits per heavy atom. The van der Waals surface area contributed by atoms with E-state index >= 15 is 0 Å². The van der Waals surface area contributed by atoms with Gasteiger partial charge in [-0.3, -0.25) is 0 Å². The van der Waals surface area contributed by atoms with Crippen LogP contribution in [0.1, 0.15) is 16.0 Å². The summed E-state index contributed by atoms with van der Waals surface area (Å²) in [6.45, 7) is 0. The van der Waals surface area contributed by atoms with Gasteiger partial charge in [0.1, 0.15) is 5.75 Å². The number of halogens is 3. The van der Waals surface area contributed by atoms with Gasteiger partial charge in [0.25, 0.3) is 0 Å². The lowest BCUT2D eigenvalue weighted by Gasteiger charge is -2.14. The van der Waals surface area contributed by atoms with Crippen LogP contribution in [-0.4, -0.2) is 7.11 Å². The average molecular weight is 360 g/mol. The predicted octanol–water partition coefficient (Wildman–Crippen LogP) is 5.68. The Balaban J connectivity index is 2.25. The molecule has 0 aliphatic heterocycles. The van der Waals surface area contributed by atoms with Gasteiger partial charge in [0, 0.05) is 14.9 Å². The molecule has 100 valence electrons. The summed E-state index contributed by atoms with van der Waals surface area (Å²) >= 11 is 15.9. The van der Waals surface area contributed by atoms with Crippen LogP contribution in [0, 0.1) is 0 Å². The number of ether oxygens (including phenoxy) is 1. The van der Waals surface area contributed by atoms with E-state index in [-0.39, 0.29) is 4.83 Å². The molecular formula is C15H13BrCl2O. The third kappa shape index (κ3) is 3.65. The van der Waals surface area contributed by atoms with E-state index in [9.17, 15) is 0 Å². The summed E-state index contributed by atoms with van der Waals surface area (Å²) in [5.41, 5.74) is 2.11. The minimum absolute atomic E-state index is 0.0926. The molecule has 0 aromatic heterocycles. The number of para-hydroxylation sites is 1. The lowest BCUT2D eigenvalue weighted by Crippen LogP contribution is -1.99. The molecule has 1 nitrogen and oxygen atoms in total. The molecule has 0 aliphatic rings. The molecule has 2 aromatic rings. The zero-order valence-corrected chi connectivity index (χ0v) is 13.5. The molecule has 1 atom stereocenters. The van der Waals surface area contributed by atoms with Crippen molar-refractivity contribution in [2.45, 2.75) is 11.2 Å². The van der Waals surface area contributed by atoms with E-state index in [1.807, 2.05) is 36.4 Å². The topological polar surface area (TPSA) is 9.23 Å². The fraction of sp³-hybridized carbons (Fsp3) is 0.200. The van der Waals surface area contributed by atoms with Gasteiger partial charge < -0.3 is 4.74 Å². The van der Waals surface area contributed by atoms with Crippen molar-refractivity contribution in [1.29, 1.82) is 0 Å². The van der Waals surface area contributed by atoms with E-state index in [0.29, 0.717) is 10.0 Å². The highest BCUT2D eigenvalue weighted by Gasteiger charge is 2.14. The number of benzene rings is 2. The van der Waals surface area contributed by atoms with Crippen LogP contribution < -0.4 is 4.74 Å². The third-order valence-corrected chi connectivity index (χ3v) is 4.28. The molecular weight excluding hydrogens is 347 g/mol. The van der Waals surface area contributed by atoms with Crippen LogP contribution in [0.4, 0.5) is 0 Å². The molecule has 0 heterocycles. The molecule has 0 fully saturated rings. The van der Waals surface area contributed by atoms with Crippen molar-refractivity contribution in [1.82, 2.24) is 0 Å². The maximum absolute atomic E-state index is 6.21. The number of methoxy groups -OCH3 is 1. The van der Waals surface area contributed by atoms with Gasteiger partial charge in [-0.15, -0.1) is 0 Å².